The number of carbonyl (C=O) groups excluding carboxylic acids is 1. The fourth-order valence-corrected chi connectivity index (χ4v) is 3.31. The summed E-state index contributed by atoms with van der Waals surface area (Å²) < 4.78 is 17.7. The molecule has 0 amide bonds. The van der Waals surface area contributed by atoms with Crippen LogP contribution in [0.5, 0.6) is 0 Å². The Morgan fingerprint density at radius 1 is 1.10 bits per heavy atom. The average Bonchev–Trinajstić information content (AvgIpc) is 2.42. The van der Waals surface area contributed by atoms with Crippen LogP contribution in [0.25, 0.3) is 10.8 Å². The maximum Gasteiger partial charge on any atom is 0.307 e. The third-order valence-electron chi connectivity index (χ3n) is 2.91. The van der Waals surface area contributed by atoms with E-state index in [0.717, 1.165) is 15.7 Å². The van der Waals surface area contributed by atoms with Crippen molar-refractivity contribution in [2.45, 2.75) is 37.7 Å². The van der Waals surface area contributed by atoms with Gasteiger partial charge < -0.3 is 4.74 Å². The zero-order valence-corrected chi connectivity index (χ0v) is 13.4. The normalized spacial score (nSPS) is 13.1. The van der Waals surface area contributed by atoms with Crippen molar-refractivity contribution in [2.75, 3.05) is 5.75 Å². The summed E-state index contributed by atoms with van der Waals surface area (Å²) in [6, 6.07) is 13.6. The number of ether oxygens (including phenoxy) is 1. The highest BCUT2D eigenvalue weighted by Gasteiger charge is 2.17. The van der Waals surface area contributed by atoms with Gasteiger partial charge in [-0.2, -0.15) is 0 Å². The molecule has 0 spiro atoms. The van der Waals surface area contributed by atoms with Crippen LogP contribution in [0.2, 0.25) is 0 Å². The topological polar surface area (TPSA) is 43.4 Å². The molecule has 1 unspecified atom stereocenters. The molecule has 0 fully saturated rings. The molecule has 0 heterocycles. The molecule has 1 atom stereocenters. The minimum absolute atomic E-state index is 0.160. The van der Waals surface area contributed by atoms with Crippen molar-refractivity contribution in [3.05, 3.63) is 42.5 Å². The van der Waals surface area contributed by atoms with Crippen molar-refractivity contribution in [3.63, 3.8) is 0 Å². The summed E-state index contributed by atoms with van der Waals surface area (Å²) in [5.41, 5.74) is -0.502. The molecule has 0 saturated carbocycles. The van der Waals surface area contributed by atoms with Gasteiger partial charge in [0.2, 0.25) is 0 Å². The number of hydrogen-bond acceptors (Lipinski definition) is 3. The van der Waals surface area contributed by atoms with Crippen LogP contribution in [0.15, 0.2) is 47.4 Å². The zero-order chi connectivity index (χ0) is 15.5. The van der Waals surface area contributed by atoms with Crippen LogP contribution in [0.3, 0.4) is 0 Å². The van der Waals surface area contributed by atoms with E-state index in [-0.39, 0.29) is 18.1 Å². The van der Waals surface area contributed by atoms with E-state index >= 15 is 0 Å². The highest BCUT2D eigenvalue weighted by molar-refractivity contribution is 7.85. The third-order valence-corrected chi connectivity index (χ3v) is 4.33. The number of esters is 1. The van der Waals surface area contributed by atoms with Gasteiger partial charge in [-0.05, 0) is 37.6 Å². The van der Waals surface area contributed by atoms with Crippen molar-refractivity contribution in [3.8, 4) is 0 Å². The predicted octanol–water partition coefficient (Wildman–Crippen LogP) is 3.68. The first-order chi connectivity index (χ1) is 9.87. The highest BCUT2D eigenvalue weighted by atomic mass is 32.2. The van der Waals surface area contributed by atoms with Gasteiger partial charge in [0.05, 0.1) is 17.2 Å². The summed E-state index contributed by atoms with van der Waals surface area (Å²) in [6.45, 7) is 5.48. The SMILES string of the molecule is CC(C)(C)OC(=O)CCS(=O)c1cccc2ccccc12. The van der Waals surface area contributed by atoms with Crippen LogP contribution in [-0.2, 0) is 20.3 Å². The molecule has 112 valence electrons. The second kappa shape index (κ2) is 6.39. The van der Waals surface area contributed by atoms with Gasteiger partial charge in [0.25, 0.3) is 0 Å². The van der Waals surface area contributed by atoms with Crippen molar-refractivity contribution in [1.82, 2.24) is 0 Å². The summed E-state index contributed by atoms with van der Waals surface area (Å²) in [5.74, 6) is -0.0285. The monoisotopic (exact) mass is 304 g/mol. The van der Waals surface area contributed by atoms with E-state index in [1.807, 2.05) is 63.2 Å². The van der Waals surface area contributed by atoms with Crippen LogP contribution < -0.4 is 0 Å². The minimum atomic E-state index is -1.21. The van der Waals surface area contributed by atoms with E-state index in [1.165, 1.54) is 0 Å². The van der Waals surface area contributed by atoms with Crippen LogP contribution >= 0.6 is 0 Å². The third kappa shape index (κ3) is 4.39. The molecule has 0 N–H and O–H groups in total. The average molecular weight is 304 g/mol. The molecule has 4 heteroatoms. The molecule has 3 nitrogen and oxygen atoms in total. The van der Waals surface area contributed by atoms with E-state index < -0.39 is 16.4 Å². The lowest BCUT2D eigenvalue weighted by molar-refractivity contribution is -0.154. The Kier molecular flexibility index (Phi) is 4.78. The Morgan fingerprint density at radius 2 is 1.76 bits per heavy atom. The molecule has 2 aromatic rings. The number of hydrogen-bond donors (Lipinski definition) is 0. The summed E-state index contributed by atoms with van der Waals surface area (Å²) in [7, 11) is -1.21. The van der Waals surface area contributed by atoms with Gasteiger partial charge >= 0.3 is 5.97 Å². The molecule has 0 aromatic heterocycles. The molecule has 2 rings (SSSR count). The Morgan fingerprint density at radius 3 is 2.48 bits per heavy atom. The first-order valence-corrected chi connectivity index (χ1v) is 8.27. The van der Waals surface area contributed by atoms with Crippen molar-refractivity contribution < 1.29 is 13.7 Å². The molecular weight excluding hydrogens is 284 g/mol. The van der Waals surface area contributed by atoms with E-state index in [1.54, 1.807) is 0 Å². The molecular formula is C17H20O3S. The lowest BCUT2D eigenvalue weighted by atomic mass is 10.1. The van der Waals surface area contributed by atoms with Gasteiger partial charge in [-0.25, -0.2) is 0 Å². The Balaban J connectivity index is 2.08. The van der Waals surface area contributed by atoms with Gasteiger partial charge in [-0.1, -0.05) is 36.4 Å². The van der Waals surface area contributed by atoms with Crippen LogP contribution in [-0.4, -0.2) is 21.5 Å². The number of rotatable bonds is 4. The fraction of sp³-hybridized carbons (Fsp3) is 0.353. The van der Waals surface area contributed by atoms with E-state index in [2.05, 4.69) is 0 Å². The lowest BCUT2D eigenvalue weighted by Crippen LogP contribution is -2.24. The molecule has 0 saturated heterocycles. The number of fused-ring (bicyclic) bond motifs is 1. The summed E-state index contributed by atoms with van der Waals surface area (Å²) in [6.07, 6.45) is 0.160. The smallest absolute Gasteiger partial charge is 0.307 e. The Hall–Kier alpha value is -1.68. The second-order valence-electron chi connectivity index (χ2n) is 5.86. The standard InChI is InChI=1S/C17H20O3S/c1-17(2,3)20-16(18)11-12-21(19)15-10-6-8-13-7-4-5-9-14(13)15/h4-10H,11-12H2,1-3H3. The van der Waals surface area contributed by atoms with Crippen LogP contribution in [0.4, 0.5) is 0 Å². The summed E-state index contributed by atoms with van der Waals surface area (Å²) >= 11 is 0. The first kappa shape index (κ1) is 15.7. The van der Waals surface area contributed by atoms with E-state index in [9.17, 15) is 9.00 Å². The molecule has 0 aliphatic rings. The Labute approximate surface area is 127 Å². The van der Waals surface area contributed by atoms with Crippen molar-refractivity contribution in [2.24, 2.45) is 0 Å². The molecule has 21 heavy (non-hydrogen) atoms. The summed E-state index contributed by atoms with van der Waals surface area (Å²) in [5, 5.41) is 2.03. The van der Waals surface area contributed by atoms with Gasteiger partial charge in [-0.3, -0.25) is 9.00 Å². The van der Waals surface area contributed by atoms with Crippen molar-refractivity contribution >= 4 is 27.5 Å². The first-order valence-electron chi connectivity index (χ1n) is 6.95. The van der Waals surface area contributed by atoms with Crippen molar-refractivity contribution in [1.29, 1.82) is 0 Å². The highest BCUT2D eigenvalue weighted by Crippen LogP contribution is 2.22. The maximum atomic E-state index is 12.4. The second-order valence-corrected chi connectivity index (χ2v) is 7.40. The van der Waals surface area contributed by atoms with Gasteiger partial charge in [0, 0.05) is 10.6 Å². The molecule has 0 bridgehead atoms. The number of benzene rings is 2. The lowest BCUT2D eigenvalue weighted by Gasteiger charge is -2.19. The molecule has 0 aliphatic carbocycles. The Bertz CT molecular complexity index is 666. The zero-order valence-electron chi connectivity index (χ0n) is 12.6. The largest absolute Gasteiger partial charge is 0.460 e. The van der Waals surface area contributed by atoms with Gasteiger partial charge in [0.1, 0.15) is 5.60 Å². The minimum Gasteiger partial charge on any atom is -0.460 e. The molecule has 0 aliphatic heterocycles. The predicted molar refractivity (Wildman–Crippen MR) is 85.7 cm³/mol. The van der Waals surface area contributed by atoms with Gasteiger partial charge in [0.15, 0.2) is 0 Å². The quantitative estimate of drug-likeness (QED) is 0.809. The fourth-order valence-electron chi connectivity index (χ4n) is 2.07. The maximum absolute atomic E-state index is 12.4. The van der Waals surface area contributed by atoms with E-state index in [4.69, 9.17) is 4.74 Å². The number of carbonyl (C=O) groups is 1. The molecule has 0 radical (unpaired) electrons. The molecule has 2 aromatic carbocycles. The van der Waals surface area contributed by atoms with Crippen LogP contribution in [0.1, 0.15) is 27.2 Å². The van der Waals surface area contributed by atoms with E-state index in [0.29, 0.717) is 0 Å². The summed E-state index contributed by atoms with van der Waals surface area (Å²) in [4.78, 5) is 12.5. The van der Waals surface area contributed by atoms with Gasteiger partial charge in [-0.15, -0.1) is 0 Å². The van der Waals surface area contributed by atoms with Crippen LogP contribution in [0, 0.1) is 0 Å².